The van der Waals surface area contributed by atoms with Crippen molar-refractivity contribution in [3.05, 3.63) is 69.8 Å². The zero-order valence-corrected chi connectivity index (χ0v) is 19.9. The summed E-state index contributed by atoms with van der Waals surface area (Å²) in [6.45, 7) is 0.917. The van der Waals surface area contributed by atoms with Crippen molar-refractivity contribution < 1.29 is 18.1 Å². The first kappa shape index (κ1) is 24.3. The molecule has 1 saturated carbocycles. The lowest BCUT2D eigenvalue weighted by Crippen LogP contribution is -2.38. The highest BCUT2D eigenvalue weighted by atomic mass is 32.2. The van der Waals surface area contributed by atoms with Crippen molar-refractivity contribution in [2.24, 2.45) is 17.8 Å². The summed E-state index contributed by atoms with van der Waals surface area (Å²) in [5.74, 6) is 0.735. The first-order valence-corrected chi connectivity index (χ1v) is 13.4. The van der Waals surface area contributed by atoms with E-state index in [2.05, 4.69) is 22.2 Å². The van der Waals surface area contributed by atoms with E-state index in [0.717, 1.165) is 44.9 Å². The van der Waals surface area contributed by atoms with Gasteiger partial charge in [0.25, 0.3) is 5.69 Å². The number of rotatable bonds is 8. The van der Waals surface area contributed by atoms with Gasteiger partial charge in [-0.15, -0.1) is 0 Å². The quantitative estimate of drug-likeness (QED) is 0.437. The molecule has 0 heterocycles. The number of nitrogens with zero attached hydrogens (tertiary/aromatic N) is 1. The largest absolute Gasteiger partial charge is 0.356 e. The number of hydrogen-bond donors (Lipinski definition) is 2. The molecule has 2 aliphatic carbocycles. The number of hydrogen-bond acceptors (Lipinski definition) is 5. The first-order chi connectivity index (χ1) is 16.3. The Kier molecular flexibility index (Phi) is 7.63. The zero-order valence-electron chi connectivity index (χ0n) is 19.1. The molecule has 1 amide bonds. The fraction of sp³-hybridized carbons (Fsp3) is 0.480. The van der Waals surface area contributed by atoms with E-state index in [4.69, 9.17) is 0 Å². The molecule has 1 unspecified atom stereocenters. The second-order valence-corrected chi connectivity index (χ2v) is 11.2. The number of amides is 1. The molecule has 1 fully saturated rings. The average Bonchev–Trinajstić information content (AvgIpc) is 2.86. The third-order valence-electron chi connectivity index (χ3n) is 7.16. The third kappa shape index (κ3) is 5.82. The summed E-state index contributed by atoms with van der Waals surface area (Å²) in [6, 6.07) is 13.7. The standard InChI is InChI=1S/C25H31N3O5S/c29-25(22-14-13-20-5-1-2-6-21(20)15-22)26-16-18-9-11-19(12-10-18)17-27-34(32,33)24-8-4-3-7-23(24)28(30)31/h1-8,18-19,22,27H,9-17H2,(H,26,29). The molecule has 8 nitrogen and oxygen atoms in total. The SMILES string of the molecule is O=C(NCC1CCC(CNS(=O)(=O)c2ccccc2[N+](=O)[O-])CC1)C1CCc2ccccc2C1. The first-order valence-electron chi connectivity index (χ1n) is 11.9. The van der Waals surface area contributed by atoms with E-state index < -0.39 is 20.6 Å². The highest BCUT2D eigenvalue weighted by molar-refractivity contribution is 7.89. The van der Waals surface area contributed by atoms with Crippen LogP contribution in [-0.2, 0) is 27.7 Å². The van der Waals surface area contributed by atoms with Gasteiger partial charge in [0.15, 0.2) is 4.90 Å². The Balaban J connectivity index is 1.21. The maximum Gasteiger partial charge on any atom is 0.289 e. The van der Waals surface area contributed by atoms with Crippen molar-refractivity contribution in [1.29, 1.82) is 0 Å². The fourth-order valence-electron chi connectivity index (χ4n) is 5.09. The number of nitrogens with one attached hydrogen (secondary N) is 2. The molecule has 2 aromatic carbocycles. The molecule has 0 aliphatic heterocycles. The molecule has 2 aliphatic rings. The molecule has 182 valence electrons. The van der Waals surface area contributed by atoms with E-state index in [0.29, 0.717) is 12.5 Å². The van der Waals surface area contributed by atoms with E-state index in [1.807, 2.05) is 12.1 Å². The number of benzene rings is 2. The lowest BCUT2D eigenvalue weighted by molar-refractivity contribution is -0.387. The number of sulfonamides is 1. The van der Waals surface area contributed by atoms with E-state index in [1.165, 1.54) is 35.4 Å². The number of para-hydroxylation sites is 1. The predicted molar refractivity (Wildman–Crippen MR) is 129 cm³/mol. The molecule has 1 atom stereocenters. The molecule has 0 spiro atoms. The molecule has 0 bridgehead atoms. The van der Waals surface area contributed by atoms with Gasteiger partial charge in [0.05, 0.1) is 4.92 Å². The number of carbonyl (C=O) groups excluding carboxylic acids is 1. The molecule has 2 N–H and O–H groups in total. The second kappa shape index (κ2) is 10.7. The summed E-state index contributed by atoms with van der Waals surface area (Å²) in [6.07, 6.45) is 6.19. The van der Waals surface area contributed by atoms with Gasteiger partial charge in [0, 0.05) is 25.1 Å². The maximum atomic E-state index is 12.7. The van der Waals surface area contributed by atoms with E-state index in [1.54, 1.807) is 0 Å². The normalized spacial score (nSPS) is 22.5. The molecular formula is C25H31N3O5S. The summed E-state index contributed by atoms with van der Waals surface area (Å²) in [5.41, 5.74) is 2.20. The van der Waals surface area contributed by atoms with Crippen molar-refractivity contribution >= 4 is 21.6 Å². The molecule has 0 aromatic heterocycles. The Hall–Kier alpha value is -2.78. The fourth-order valence-corrected chi connectivity index (χ4v) is 6.38. The van der Waals surface area contributed by atoms with Crippen LogP contribution < -0.4 is 10.0 Å². The molecule has 2 aromatic rings. The van der Waals surface area contributed by atoms with Gasteiger partial charge in [0.2, 0.25) is 15.9 Å². The van der Waals surface area contributed by atoms with Crippen molar-refractivity contribution in [2.75, 3.05) is 13.1 Å². The van der Waals surface area contributed by atoms with Crippen LogP contribution in [0.5, 0.6) is 0 Å². The molecule has 9 heteroatoms. The third-order valence-corrected chi connectivity index (χ3v) is 8.63. The Bertz CT molecular complexity index is 1140. The van der Waals surface area contributed by atoms with Crippen LogP contribution in [0.25, 0.3) is 0 Å². The van der Waals surface area contributed by atoms with Crippen LogP contribution in [0.4, 0.5) is 5.69 Å². The van der Waals surface area contributed by atoms with Crippen LogP contribution in [0.15, 0.2) is 53.4 Å². The van der Waals surface area contributed by atoms with Gasteiger partial charge in [-0.3, -0.25) is 14.9 Å². The van der Waals surface area contributed by atoms with Gasteiger partial charge in [-0.25, -0.2) is 13.1 Å². The van der Waals surface area contributed by atoms with E-state index in [9.17, 15) is 23.3 Å². The summed E-state index contributed by atoms with van der Waals surface area (Å²) < 4.78 is 27.8. The van der Waals surface area contributed by atoms with Crippen LogP contribution in [0.3, 0.4) is 0 Å². The van der Waals surface area contributed by atoms with Gasteiger partial charge in [-0.2, -0.15) is 0 Å². The Morgan fingerprint density at radius 3 is 2.24 bits per heavy atom. The molecular weight excluding hydrogens is 454 g/mol. The van der Waals surface area contributed by atoms with Crippen molar-refractivity contribution in [1.82, 2.24) is 10.0 Å². The number of carbonyl (C=O) groups is 1. The van der Waals surface area contributed by atoms with Crippen molar-refractivity contribution in [3.8, 4) is 0 Å². The monoisotopic (exact) mass is 485 g/mol. The summed E-state index contributed by atoms with van der Waals surface area (Å²) in [7, 11) is -3.95. The second-order valence-electron chi connectivity index (χ2n) is 9.42. The Morgan fingerprint density at radius 1 is 0.912 bits per heavy atom. The van der Waals surface area contributed by atoms with Gasteiger partial charge in [0.1, 0.15) is 0 Å². The van der Waals surface area contributed by atoms with Crippen LogP contribution in [0, 0.1) is 27.9 Å². The topological polar surface area (TPSA) is 118 Å². The van der Waals surface area contributed by atoms with Crippen LogP contribution >= 0.6 is 0 Å². The molecule has 0 saturated heterocycles. The zero-order chi connectivity index (χ0) is 24.1. The molecule has 34 heavy (non-hydrogen) atoms. The summed E-state index contributed by atoms with van der Waals surface area (Å²) >= 11 is 0. The summed E-state index contributed by atoms with van der Waals surface area (Å²) in [4.78, 5) is 22.9. The molecule has 0 radical (unpaired) electrons. The van der Waals surface area contributed by atoms with Gasteiger partial charge >= 0.3 is 0 Å². The van der Waals surface area contributed by atoms with Gasteiger partial charge in [-0.1, -0.05) is 36.4 Å². The summed E-state index contributed by atoms with van der Waals surface area (Å²) in [5, 5.41) is 14.3. The Labute approximate surface area is 200 Å². The van der Waals surface area contributed by atoms with Crippen molar-refractivity contribution in [3.63, 3.8) is 0 Å². The molecule has 4 rings (SSSR count). The van der Waals surface area contributed by atoms with E-state index >= 15 is 0 Å². The minimum Gasteiger partial charge on any atom is -0.356 e. The lowest BCUT2D eigenvalue weighted by atomic mass is 9.81. The van der Waals surface area contributed by atoms with Crippen molar-refractivity contribution in [2.45, 2.75) is 49.8 Å². The number of nitro benzene ring substituents is 1. The van der Waals surface area contributed by atoms with Gasteiger partial charge in [-0.05, 0) is 74.0 Å². The highest BCUT2D eigenvalue weighted by Gasteiger charge is 2.29. The minimum absolute atomic E-state index is 0.0303. The van der Waals surface area contributed by atoms with Gasteiger partial charge < -0.3 is 5.32 Å². The highest BCUT2D eigenvalue weighted by Crippen LogP contribution is 2.30. The number of nitro groups is 1. The number of fused-ring (bicyclic) bond motifs is 1. The van der Waals surface area contributed by atoms with E-state index in [-0.39, 0.29) is 29.2 Å². The predicted octanol–water partition coefficient (Wildman–Crippen LogP) is 3.60. The van der Waals surface area contributed by atoms with Crippen LogP contribution in [0.1, 0.15) is 43.2 Å². The number of aryl methyl sites for hydroxylation is 1. The lowest BCUT2D eigenvalue weighted by Gasteiger charge is -2.30. The maximum absolute atomic E-state index is 12.7. The minimum atomic E-state index is -3.95. The average molecular weight is 486 g/mol. The van der Waals surface area contributed by atoms with Crippen LogP contribution in [0.2, 0.25) is 0 Å². The van der Waals surface area contributed by atoms with Crippen LogP contribution in [-0.4, -0.2) is 32.3 Å². The Morgan fingerprint density at radius 2 is 1.53 bits per heavy atom. The smallest absolute Gasteiger partial charge is 0.289 e.